The average molecular weight is 573 g/mol. The minimum atomic E-state index is -1.69. The van der Waals surface area contributed by atoms with Crippen LogP contribution in [0.3, 0.4) is 0 Å². The second kappa shape index (κ2) is 11.5. The Morgan fingerprint density at radius 2 is 1.26 bits per heavy atom. The van der Waals surface area contributed by atoms with Gasteiger partial charge in [-0.2, -0.15) is 0 Å². The van der Waals surface area contributed by atoms with Crippen LogP contribution in [0.15, 0.2) is 102 Å². The van der Waals surface area contributed by atoms with Crippen molar-refractivity contribution in [3.8, 4) is 16.9 Å². The van der Waals surface area contributed by atoms with Gasteiger partial charge in [0.2, 0.25) is 0 Å². The van der Waals surface area contributed by atoms with Crippen LogP contribution in [-0.2, 0) is 5.60 Å². The Bertz CT molecular complexity index is 1340. The number of rotatable bonds is 8. The number of aliphatic hydroxyl groups is 1. The smallest absolute Gasteiger partial charge is 0.256 e. The molecule has 4 aromatic rings. The molecular formula is C33H34BrNO3. The first-order valence-corrected chi connectivity index (χ1v) is 13.6. The number of benzene rings is 4. The summed E-state index contributed by atoms with van der Waals surface area (Å²) < 4.78 is 6.71. The number of hydrogen-bond donors (Lipinski definition) is 1. The maximum Gasteiger partial charge on any atom is 0.256 e. The highest BCUT2D eigenvalue weighted by molar-refractivity contribution is 9.10. The molecule has 0 unspecified atom stereocenters. The zero-order chi connectivity index (χ0) is 27.4. The van der Waals surface area contributed by atoms with Gasteiger partial charge in [0.05, 0.1) is 12.7 Å². The average Bonchev–Trinajstić information content (AvgIpc) is 2.93. The van der Waals surface area contributed by atoms with Crippen molar-refractivity contribution >= 4 is 21.8 Å². The Morgan fingerprint density at radius 1 is 0.816 bits per heavy atom. The zero-order valence-electron chi connectivity index (χ0n) is 22.5. The topological polar surface area (TPSA) is 49.8 Å². The Kier molecular flexibility index (Phi) is 8.39. The predicted octanol–water partition coefficient (Wildman–Crippen LogP) is 7.67. The van der Waals surface area contributed by atoms with Crippen LogP contribution in [-0.4, -0.2) is 35.1 Å². The Hall–Kier alpha value is -3.41. The van der Waals surface area contributed by atoms with E-state index in [0.29, 0.717) is 32.5 Å². The Balaban J connectivity index is 2.20. The number of methoxy groups -OCH3 is 1. The van der Waals surface area contributed by atoms with Crippen molar-refractivity contribution in [3.63, 3.8) is 0 Å². The van der Waals surface area contributed by atoms with Crippen molar-refractivity contribution in [2.75, 3.05) is 7.11 Å². The predicted molar refractivity (Wildman–Crippen MR) is 158 cm³/mol. The SMILES string of the molecule is COc1c(-c2ccccc2)cc(Br)c(C(=O)N(C(C)C)C(C)C)c1C(O)(c1ccccc1)c1ccccc1. The second-order valence-electron chi connectivity index (χ2n) is 9.90. The molecule has 4 rings (SSSR count). The van der Waals surface area contributed by atoms with E-state index in [4.69, 9.17) is 4.74 Å². The summed E-state index contributed by atoms with van der Waals surface area (Å²) >= 11 is 3.75. The van der Waals surface area contributed by atoms with E-state index in [1.165, 1.54) is 0 Å². The fourth-order valence-electron chi connectivity index (χ4n) is 5.24. The largest absolute Gasteiger partial charge is 0.496 e. The lowest BCUT2D eigenvalue weighted by Crippen LogP contribution is -2.44. The van der Waals surface area contributed by atoms with Crippen LogP contribution in [0, 0.1) is 0 Å². The van der Waals surface area contributed by atoms with E-state index >= 15 is 0 Å². The summed E-state index contributed by atoms with van der Waals surface area (Å²) in [6, 6.07) is 30.6. The molecule has 0 atom stereocenters. The molecule has 0 heterocycles. The molecule has 1 amide bonds. The maximum atomic E-state index is 14.4. The van der Waals surface area contributed by atoms with Gasteiger partial charge in [-0.05, 0) is 66.4 Å². The van der Waals surface area contributed by atoms with Gasteiger partial charge in [0.15, 0.2) is 0 Å². The van der Waals surface area contributed by atoms with Gasteiger partial charge in [0.25, 0.3) is 5.91 Å². The number of nitrogens with zero attached hydrogens (tertiary/aromatic N) is 1. The van der Waals surface area contributed by atoms with Crippen LogP contribution in [0.25, 0.3) is 11.1 Å². The summed E-state index contributed by atoms with van der Waals surface area (Å²) in [7, 11) is 1.59. The standard InChI is InChI=1S/C33H34BrNO3/c1-22(2)35(23(3)4)32(36)29-28(34)21-27(24-15-9-6-10-16-24)31(38-5)30(29)33(37,25-17-11-7-12-18-25)26-19-13-8-14-20-26/h6-23,37H,1-5H3. The van der Waals surface area contributed by atoms with Gasteiger partial charge in [0.1, 0.15) is 11.4 Å². The molecule has 0 spiro atoms. The van der Waals surface area contributed by atoms with E-state index in [-0.39, 0.29) is 18.0 Å². The van der Waals surface area contributed by atoms with E-state index in [9.17, 15) is 9.90 Å². The van der Waals surface area contributed by atoms with E-state index in [1.807, 2.05) is 130 Å². The van der Waals surface area contributed by atoms with Gasteiger partial charge in [-0.25, -0.2) is 0 Å². The van der Waals surface area contributed by atoms with Crippen molar-refractivity contribution < 1.29 is 14.6 Å². The molecule has 1 N–H and O–H groups in total. The molecule has 38 heavy (non-hydrogen) atoms. The van der Waals surface area contributed by atoms with Crippen LogP contribution in [0.1, 0.15) is 54.7 Å². The second-order valence-corrected chi connectivity index (χ2v) is 10.8. The third kappa shape index (κ3) is 5.01. The Labute approximate surface area is 234 Å². The van der Waals surface area contributed by atoms with Crippen molar-refractivity contribution in [3.05, 3.63) is 124 Å². The molecule has 5 heteroatoms. The molecule has 0 saturated heterocycles. The van der Waals surface area contributed by atoms with E-state index in [1.54, 1.807) is 7.11 Å². The molecule has 0 aliphatic carbocycles. The number of carbonyl (C=O) groups excluding carboxylic acids is 1. The third-order valence-electron chi connectivity index (χ3n) is 6.83. The number of ether oxygens (including phenoxy) is 1. The van der Waals surface area contributed by atoms with Crippen molar-refractivity contribution in [2.24, 2.45) is 0 Å². The van der Waals surface area contributed by atoms with E-state index < -0.39 is 5.60 Å². The molecule has 4 nitrogen and oxygen atoms in total. The highest BCUT2D eigenvalue weighted by Gasteiger charge is 2.43. The first-order valence-electron chi connectivity index (χ1n) is 12.8. The highest BCUT2D eigenvalue weighted by Crippen LogP contribution is 2.49. The summed E-state index contributed by atoms with van der Waals surface area (Å²) in [5.41, 5.74) is 2.05. The van der Waals surface area contributed by atoms with Crippen LogP contribution in [0.4, 0.5) is 0 Å². The quantitative estimate of drug-likeness (QED) is 0.221. The monoisotopic (exact) mass is 571 g/mol. The number of carbonyl (C=O) groups is 1. The molecule has 0 aliphatic heterocycles. The molecule has 0 aromatic heterocycles. The van der Waals surface area contributed by atoms with Crippen LogP contribution in [0.5, 0.6) is 5.75 Å². The molecule has 4 aromatic carbocycles. The summed E-state index contributed by atoms with van der Waals surface area (Å²) in [4.78, 5) is 16.3. The lowest BCUT2D eigenvalue weighted by atomic mass is 9.76. The molecular weight excluding hydrogens is 538 g/mol. The van der Waals surface area contributed by atoms with Crippen LogP contribution >= 0.6 is 15.9 Å². The third-order valence-corrected chi connectivity index (χ3v) is 7.45. The lowest BCUT2D eigenvalue weighted by Gasteiger charge is -2.37. The zero-order valence-corrected chi connectivity index (χ0v) is 24.1. The fourth-order valence-corrected chi connectivity index (χ4v) is 5.84. The summed E-state index contributed by atoms with van der Waals surface area (Å²) in [5, 5.41) is 13.0. The van der Waals surface area contributed by atoms with Gasteiger partial charge in [-0.15, -0.1) is 0 Å². The molecule has 0 fully saturated rings. The normalized spacial score (nSPS) is 11.6. The van der Waals surface area contributed by atoms with E-state index in [2.05, 4.69) is 15.9 Å². The van der Waals surface area contributed by atoms with Gasteiger partial charge in [0, 0.05) is 27.7 Å². The van der Waals surface area contributed by atoms with E-state index in [0.717, 1.165) is 11.1 Å². The van der Waals surface area contributed by atoms with Crippen molar-refractivity contribution in [1.29, 1.82) is 0 Å². The van der Waals surface area contributed by atoms with Gasteiger partial charge >= 0.3 is 0 Å². The minimum absolute atomic E-state index is 0.0522. The molecule has 0 saturated carbocycles. The minimum Gasteiger partial charge on any atom is -0.496 e. The first-order chi connectivity index (χ1) is 18.2. The summed E-state index contributed by atoms with van der Waals surface area (Å²) in [5.74, 6) is 0.269. The maximum absolute atomic E-state index is 14.4. The fraction of sp³-hybridized carbons (Fsp3) is 0.242. The Morgan fingerprint density at radius 3 is 1.68 bits per heavy atom. The highest BCUT2D eigenvalue weighted by atomic mass is 79.9. The summed E-state index contributed by atoms with van der Waals surface area (Å²) in [6.07, 6.45) is 0. The molecule has 0 aliphatic rings. The first kappa shape index (κ1) is 27.6. The molecule has 196 valence electrons. The number of amides is 1. The molecule has 0 radical (unpaired) electrons. The number of hydrogen-bond acceptors (Lipinski definition) is 3. The molecule has 0 bridgehead atoms. The van der Waals surface area contributed by atoms with Crippen LogP contribution < -0.4 is 4.74 Å². The van der Waals surface area contributed by atoms with Crippen LogP contribution in [0.2, 0.25) is 0 Å². The van der Waals surface area contributed by atoms with Gasteiger partial charge in [-0.3, -0.25) is 4.79 Å². The van der Waals surface area contributed by atoms with Gasteiger partial charge < -0.3 is 14.7 Å². The summed E-state index contributed by atoms with van der Waals surface area (Å²) in [6.45, 7) is 8.01. The van der Waals surface area contributed by atoms with Gasteiger partial charge in [-0.1, -0.05) is 91.0 Å². The van der Waals surface area contributed by atoms with Crippen molar-refractivity contribution in [2.45, 2.75) is 45.4 Å². The van der Waals surface area contributed by atoms with Crippen molar-refractivity contribution in [1.82, 2.24) is 4.90 Å². The number of halogens is 1. The lowest BCUT2D eigenvalue weighted by molar-refractivity contribution is 0.0626.